The average Bonchev–Trinajstić information content (AvgIpc) is 2.23. The van der Waals surface area contributed by atoms with Crippen molar-refractivity contribution >= 4 is 12.0 Å². The molecule has 0 radical (unpaired) electrons. The molecule has 0 saturated heterocycles. The Balaban J connectivity index is 3.46. The number of hydrogen-bond acceptors (Lipinski definition) is 4. The van der Waals surface area contributed by atoms with Crippen molar-refractivity contribution in [2.24, 2.45) is 5.73 Å². The lowest BCUT2D eigenvalue weighted by molar-refractivity contribution is -0.128. The number of carbonyl (C=O) groups excluding carboxylic acids is 2. The van der Waals surface area contributed by atoms with Crippen molar-refractivity contribution in [1.29, 1.82) is 0 Å². The first-order chi connectivity index (χ1) is 7.11. The SMILES string of the molecule is CCOC(=O)NCCCN(C)C(=O)CN. The van der Waals surface area contributed by atoms with Crippen LogP contribution in [0.15, 0.2) is 0 Å². The van der Waals surface area contributed by atoms with Gasteiger partial charge in [0.05, 0.1) is 13.2 Å². The van der Waals surface area contributed by atoms with Crippen molar-refractivity contribution in [3.05, 3.63) is 0 Å². The van der Waals surface area contributed by atoms with Crippen LogP contribution in [0.25, 0.3) is 0 Å². The fraction of sp³-hybridized carbons (Fsp3) is 0.778. The molecule has 15 heavy (non-hydrogen) atoms. The first-order valence-electron chi connectivity index (χ1n) is 4.96. The fourth-order valence-corrected chi connectivity index (χ4v) is 0.969. The summed E-state index contributed by atoms with van der Waals surface area (Å²) in [4.78, 5) is 23.4. The Morgan fingerprint density at radius 1 is 1.47 bits per heavy atom. The van der Waals surface area contributed by atoms with E-state index < -0.39 is 6.09 Å². The summed E-state index contributed by atoms with van der Waals surface area (Å²) in [5.41, 5.74) is 5.18. The Bertz CT molecular complexity index is 209. The Labute approximate surface area is 89.7 Å². The molecule has 6 heteroatoms. The molecule has 0 aliphatic carbocycles. The molecular weight excluding hydrogens is 198 g/mol. The van der Waals surface area contributed by atoms with Gasteiger partial charge in [-0.3, -0.25) is 4.79 Å². The van der Waals surface area contributed by atoms with Crippen LogP contribution in [0.2, 0.25) is 0 Å². The summed E-state index contributed by atoms with van der Waals surface area (Å²) >= 11 is 0. The minimum Gasteiger partial charge on any atom is -0.450 e. The maximum Gasteiger partial charge on any atom is 0.407 e. The van der Waals surface area contributed by atoms with Crippen LogP contribution < -0.4 is 11.1 Å². The second-order valence-electron chi connectivity index (χ2n) is 3.02. The van der Waals surface area contributed by atoms with Crippen LogP contribution >= 0.6 is 0 Å². The molecule has 0 saturated carbocycles. The molecule has 0 aromatic heterocycles. The number of ether oxygens (including phenoxy) is 1. The molecular formula is C9H19N3O3. The van der Waals surface area contributed by atoms with Crippen molar-refractivity contribution in [3.8, 4) is 0 Å². The third-order valence-corrected chi connectivity index (χ3v) is 1.82. The van der Waals surface area contributed by atoms with Crippen molar-refractivity contribution < 1.29 is 14.3 Å². The van der Waals surface area contributed by atoms with Gasteiger partial charge in [0.25, 0.3) is 0 Å². The summed E-state index contributed by atoms with van der Waals surface area (Å²) in [7, 11) is 1.68. The van der Waals surface area contributed by atoms with Gasteiger partial charge in [-0.15, -0.1) is 0 Å². The van der Waals surface area contributed by atoms with Crippen LogP contribution in [0.3, 0.4) is 0 Å². The van der Waals surface area contributed by atoms with Gasteiger partial charge in [0.15, 0.2) is 0 Å². The molecule has 0 aliphatic rings. The van der Waals surface area contributed by atoms with E-state index in [4.69, 9.17) is 5.73 Å². The van der Waals surface area contributed by atoms with Crippen molar-refractivity contribution in [2.75, 3.05) is 33.3 Å². The van der Waals surface area contributed by atoms with Crippen LogP contribution in [0.1, 0.15) is 13.3 Å². The van der Waals surface area contributed by atoms with E-state index in [0.717, 1.165) is 0 Å². The van der Waals surface area contributed by atoms with Crippen LogP contribution in [-0.2, 0) is 9.53 Å². The number of hydrogen-bond donors (Lipinski definition) is 2. The van der Waals surface area contributed by atoms with Crippen LogP contribution in [0, 0.1) is 0 Å². The van der Waals surface area contributed by atoms with Gasteiger partial charge in [0, 0.05) is 20.1 Å². The number of nitrogens with two attached hydrogens (primary N) is 1. The average molecular weight is 217 g/mol. The Hall–Kier alpha value is -1.30. The highest BCUT2D eigenvalue weighted by Gasteiger charge is 2.05. The van der Waals surface area contributed by atoms with E-state index in [1.165, 1.54) is 4.90 Å². The van der Waals surface area contributed by atoms with Gasteiger partial charge in [0.2, 0.25) is 5.91 Å². The number of alkyl carbamates (subject to hydrolysis) is 1. The summed E-state index contributed by atoms with van der Waals surface area (Å²) in [6.45, 7) is 3.18. The normalized spacial score (nSPS) is 9.53. The predicted octanol–water partition coefficient (Wildman–Crippen LogP) is -0.460. The van der Waals surface area contributed by atoms with E-state index >= 15 is 0 Å². The topological polar surface area (TPSA) is 84.7 Å². The lowest BCUT2D eigenvalue weighted by Gasteiger charge is -2.15. The first kappa shape index (κ1) is 13.7. The molecule has 0 aromatic carbocycles. The van der Waals surface area contributed by atoms with E-state index in [-0.39, 0.29) is 12.5 Å². The molecule has 2 amide bonds. The van der Waals surface area contributed by atoms with E-state index in [1.807, 2.05) is 0 Å². The molecule has 0 aromatic rings. The van der Waals surface area contributed by atoms with Crippen LogP contribution in [-0.4, -0.2) is 50.2 Å². The summed E-state index contributed by atoms with van der Waals surface area (Å²) in [5.74, 6) is -0.105. The Morgan fingerprint density at radius 3 is 2.67 bits per heavy atom. The predicted molar refractivity (Wildman–Crippen MR) is 56.3 cm³/mol. The lowest BCUT2D eigenvalue weighted by Crippen LogP contribution is -2.35. The molecule has 0 heterocycles. The van der Waals surface area contributed by atoms with Gasteiger partial charge in [0.1, 0.15) is 0 Å². The molecule has 3 N–H and O–H groups in total. The number of amides is 2. The zero-order valence-electron chi connectivity index (χ0n) is 9.28. The Morgan fingerprint density at radius 2 is 2.13 bits per heavy atom. The monoisotopic (exact) mass is 217 g/mol. The molecule has 88 valence electrons. The summed E-state index contributed by atoms with van der Waals surface area (Å²) in [6, 6.07) is 0. The van der Waals surface area contributed by atoms with Gasteiger partial charge in [-0.2, -0.15) is 0 Å². The summed E-state index contributed by atoms with van der Waals surface area (Å²) < 4.78 is 4.67. The largest absolute Gasteiger partial charge is 0.450 e. The molecule has 0 fully saturated rings. The molecule has 0 aliphatic heterocycles. The third-order valence-electron chi connectivity index (χ3n) is 1.82. The third kappa shape index (κ3) is 6.73. The van der Waals surface area contributed by atoms with Crippen LogP contribution in [0.5, 0.6) is 0 Å². The highest BCUT2D eigenvalue weighted by atomic mass is 16.5. The van der Waals surface area contributed by atoms with Crippen LogP contribution in [0.4, 0.5) is 4.79 Å². The van der Waals surface area contributed by atoms with Crippen molar-refractivity contribution in [2.45, 2.75) is 13.3 Å². The van der Waals surface area contributed by atoms with E-state index in [2.05, 4.69) is 10.1 Å². The van der Waals surface area contributed by atoms with Gasteiger partial charge >= 0.3 is 6.09 Å². The Kier molecular flexibility index (Phi) is 7.35. The van der Waals surface area contributed by atoms with E-state index in [0.29, 0.717) is 26.1 Å². The number of carbonyl (C=O) groups is 2. The molecule has 6 nitrogen and oxygen atoms in total. The molecule has 0 rings (SSSR count). The first-order valence-corrected chi connectivity index (χ1v) is 4.96. The minimum absolute atomic E-state index is 0.0157. The fourth-order valence-electron chi connectivity index (χ4n) is 0.969. The van der Waals surface area contributed by atoms with Gasteiger partial charge in [-0.25, -0.2) is 4.79 Å². The second kappa shape index (κ2) is 8.05. The highest BCUT2D eigenvalue weighted by Crippen LogP contribution is 1.87. The number of nitrogens with zero attached hydrogens (tertiary/aromatic N) is 1. The summed E-state index contributed by atoms with van der Waals surface area (Å²) in [5, 5.41) is 2.57. The van der Waals surface area contributed by atoms with E-state index in [9.17, 15) is 9.59 Å². The quantitative estimate of drug-likeness (QED) is 0.590. The number of likely N-dealkylation sites (N-methyl/N-ethyl adjacent to an activating group) is 1. The molecule has 0 bridgehead atoms. The zero-order chi connectivity index (χ0) is 11.7. The molecule has 0 atom stereocenters. The number of rotatable bonds is 6. The smallest absolute Gasteiger partial charge is 0.407 e. The second-order valence-corrected chi connectivity index (χ2v) is 3.02. The summed E-state index contributed by atoms with van der Waals surface area (Å²) in [6.07, 6.45) is 0.256. The van der Waals surface area contributed by atoms with E-state index in [1.54, 1.807) is 14.0 Å². The zero-order valence-corrected chi connectivity index (χ0v) is 9.28. The maximum absolute atomic E-state index is 11.0. The van der Waals surface area contributed by atoms with Gasteiger partial charge in [-0.05, 0) is 13.3 Å². The maximum atomic E-state index is 11.0. The highest BCUT2D eigenvalue weighted by molar-refractivity contribution is 5.77. The van der Waals surface area contributed by atoms with Gasteiger partial charge < -0.3 is 20.7 Å². The van der Waals surface area contributed by atoms with Crippen molar-refractivity contribution in [1.82, 2.24) is 10.2 Å². The molecule has 0 unspecified atom stereocenters. The molecule has 0 spiro atoms. The van der Waals surface area contributed by atoms with Crippen molar-refractivity contribution in [3.63, 3.8) is 0 Å². The van der Waals surface area contributed by atoms with Gasteiger partial charge in [-0.1, -0.05) is 0 Å². The minimum atomic E-state index is -0.426. The lowest BCUT2D eigenvalue weighted by atomic mass is 10.4. The standard InChI is InChI=1S/C9H19N3O3/c1-3-15-9(14)11-5-4-6-12(2)8(13)7-10/h3-7,10H2,1-2H3,(H,11,14). The number of nitrogens with one attached hydrogen (secondary N) is 1.